The standard InChI is InChI=1S/C11H7F2NOS/c12-7-1-2-8(9(13)5-7)10-6-16-11(14-10)3-4-15/h1-2,4-6H,3H2. The van der Waals surface area contributed by atoms with Crippen LogP contribution in [0.15, 0.2) is 23.6 Å². The van der Waals surface area contributed by atoms with Gasteiger partial charge in [-0.2, -0.15) is 0 Å². The summed E-state index contributed by atoms with van der Waals surface area (Å²) < 4.78 is 26.1. The van der Waals surface area contributed by atoms with Crippen molar-refractivity contribution < 1.29 is 13.6 Å². The van der Waals surface area contributed by atoms with Crippen LogP contribution in [0.1, 0.15) is 5.01 Å². The highest BCUT2D eigenvalue weighted by Crippen LogP contribution is 2.25. The van der Waals surface area contributed by atoms with Crippen LogP contribution in [0.25, 0.3) is 11.3 Å². The molecule has 0 atom stereocenters. The van der Waals surface area contributed by atoms with Gasteiger partial charge in [0.15, 0.2) is 0 Å². The van der Waals surface area contributed by atoms with E-state index in [0.29, 0.717) is 10.7 Å². The Balaban J connectivity index is 2.38. The van der Waals surface area contributed by atoms with Crippen molar-refractivity contribution in [2.75, 3.05) is 0 Å². The van der Waals surface area contributed by atoms with Gasteiger partial charge in [-0.25, -0.2) is 13.8 Å². The Kier molecular flexibility index (Phi) is 3.05. The van der Waals surface area contributed by atoms with E-state index in [2.05, 4.69) is 4.98 Å². The number of hydrogen-bond donors (Lipinski definition) is 0. The van der Waals surface area contributed by atoms with Gasteiger partial charge in [-0.3, -0.25) is 0 Å². The first-order valence-electron chi connectivity index (χ1n) is 4.54. The molecule has 2 aromatic rings. The minimum Gasteiger partial charge on any atom is -0.303 e. The van der Waals surface area contributed by atoms with Crippen molar-refractivity contribution in [3.05, 3.63) is 40.2 Å². The summed E-state index contributed by atoms with van der Waals surface area (Å²) in [6.45, 7) is 0. The van der Waals surface area contributed by atoms with Crippen LogP contribution in [0.3, 0.4) is 0 Å². The molecule has 0 saturated carbocycles. The zero-order valence-corrected chi connectivity index (χ0v) is 8.93. The van der Waals surface area contributed by atoms with E-state index in [9.17, 15) is 13.6 Å². The molecule has 0 aliphatic heterocycles. The molecule has 0 saturated heterocycles. The molecule has 0 aliphatic rings. The Morgan fingerprint density at radius 3 is 2.88 bits per heavy atom. The van der Waals surface area contributed by atoms with E-state index in [0.717, 1.165) is 12.4 Å². The molecule has 0 N–H and O–H groups in total. The molecular formula is C11H7F2NOS. The number of rotatable bonds is 3. The second-order valence-electron chi connectivity index (χ2n) is 3.12. The molecule has 16 heavy (non-hydrogen) atoms. The fourth-order valence-electron chi connectivity index (χ4n) is 1.30. The number of halogens is 2. The Labute approximate surface area is 94.6 Å². The van der Waals surface area contributed by atoms with E-state index in [4.69, 9.17) is 0 Å². The van der Waals surface area contributed by atoms with E-state index in [1.165, 1.54) is 23.5 Å². The van der Waals surface area contributed by atoms with Crippen molar-refractivity contribution in [3.8, 4) is 11.3 Å². The molecule has 0 spiro atoms. The van der Waals surface area contributed by atoms with Crippen LogP contribution in [0, 0.1) is 11.6 Å². The highest BCUT2D eigenvalue weighted by molar-refractivity contribution is 7.10. The predicted molar refractivity (Wildman–Crippen MR) is 57.2 cm³/mol. The van der Waals surface area contributed by atoms with Crippen molar-refractivity contribution >= 4 is 17.6 Å². The summed E-state index contributed by atoms with van der Waals surface area (Å²) in [4.78, 5) is 14.4. The largest absolute Gasteiger partial charge is 0.303 e. The molecule has 0 aliphatic carbocycles. The van der Waals surface area contributed by atoms with Gasteiger partial charge in [-0.15, -0.1) is 11.3 Å². The van der Waals surface area contributed by atoms with E-state index < -0.39 is 11.6 Å². The minimum absolute atomic E-state index is 0.216. The third-order valence-electron chi connectivity index (χ3n) is 2.02. The molecule has 0 radical (unpaired) electrons. The lowest BCUT2D eigenvalue weighted by molar-refractivity contribution is -0.107. The van der Waals surface area contributed by atoms with Crippen LogP contribution in [-0.4, -0.2) is 11.3 Å². The zero-order chi connectivity index (χ0) is 11.5. The van der Waals surface area contributed by atoms with Crippen molar-refractivity contribution in [1.82, 2.24) is 4.98 Å². The van der Waals surface area contributed by atoms with Crippen molar-refractivity contribution in [3.63, 3.8) is 0 Å². The Hall–Kier alpha value is -1.62. The van der Waals surface area contributed by atoms with Crippen LogP contribution in [0.4, 0.5) is 8.78 Å². The monoisotopic (exact) mass is 239 g/mol. The Morgan fingerprint density at radius 1 is 1.38 bits per heavy atom. The van der Waals surface area contributed by atoms with E-state index in [1.54, 1.807) is 5.38 Å². The van der Waals surface area contributed by atoms with Crippen molar-refractivity contribution in [2.45, 2.75) is 6.42 Å². The van der Waals surface area contributed by atoms with Crippen LogP contribution in [0.2, 0.25) is 0 Å². The van der Waals surface area contributed by atoms with Gasteiger partial charge in [-0.05, 0) is 12.1 Å². The van der Waals surface area contributed by atoms with E-state index in [-0.39, 0.29) is 12.0 Å². The first-order valence-corrected chi connectivity index (χ1v) is 5.42. The number of aldehydes is 1. The third-order valence-corrected chi connectivity index (χ3v) is 2.89. The number of thiazole rings is 1. The average Bonchev–Trinajstić information content (AvgIpc) is 2.67. The number of benzene rings is 1. The topological polar surface area (TPSA) is 30.0 Å². The SMILES string of the molecule is O=CCc1nc(-c2ccc(F)cc2F)cs1. The van der Waals surface area contributed by atoms with Gasteiger partial charge in [0.25, 0.3) is 0 Å². The fraction of sp³-hybridized carbons (Fsp3) is 0.0909. The summed E-state index contributed by atoms with van der Waals surface area (Å²) in [6.07, 6.45) is 0.955. The summed E-state index contributed by atoms with van der Waals surface area (Å²) in [7, 11) is 0. The van der Waals surface area contributed by atoms with Gasteiger partial charge in [0.2, 0.25) is 0 Å². The molecule has 2 nitrogen and oxygen atoms in total. The molecule has 2 rings (SSSR count). The maximum atomic E-state index is 13.4. The number of carbonyl (C=O) groups excluding carboxylic acids is 1. The summed E-state index contributed by atoms with van der Waals surface area (Å²) in [5, 5.41) is 2.27. The highest BCUT2D eigenvalue weighted by Gasteiger charge is 2.09. The second-order valence-corrected chi connectivity index (χ2v) is 4.06. The number of nitrogens with zero attached hydrogens (tertiary/aromatic N) is 1. The van der Waals surface area contributed by atoms with Crippen LogP contribution in [-0.2, 0) is 11.2 Å². The first kappa shape index (κ1) is 10.9. The van der Waals surface area contributed by atoms with Crippen LogP contribution in [0.5, 0.6) is 0 Å². The third kappa shape index (κ3) is 2.14. The van der Waals surface area contributed by atoms with Crippen LogP contribution >= 0.6 is 11.3 Å². The molecule has 5 heteroatoms. The molecule has 82 valence electrons. The summed E-state index contributed by atoms with van der Waals surface area (Å²) >= 11 is 1.28. The minimum atomic E-state index is -0.650. The molecule has 1 aromatic heterocycles. The summed E-state index contributed by atoms with van der Waals surface area (Å²) in [6, 6.07) is 3.33. The van der Waals surface area contributed by atoms with Gasteiger partial charge in [0.05, 0.1) is 12.1 Å². The lowest BCUT2D eigenvalue weighted by Gasteiger charge is -1.98. The second kappa shape index (κ2) is 4.49. The van der Waals surface area contributed by atoms with Gasteiger partial charge in [0, 0.05) is 17.0 Å². The molecule has 1 heterocycles. The van der Waals surface area contributed by atoms with Crippen molar-refractivity contribution in [1.29, 1.82) is 0 Å². The zero-order valence-electron chi connectivity index (χ0n) is 8.11. The van der Waals surface area contributed by atoms with Gasteiger partial charge in [0.1, 0.15) is 22.9 Å². The van der Waals surface area contributed by atoms with E-state index in [1.807, 2.05) is 0 Å². The summed E-state index contributed by atoms with van der Waals surface area (Å²) in [5.41, 5.74) is 0.675. The quantitative estimate of drug-likeness (QED) is 0.771. The Bertz CT molecular complexity index is 524. The normalized spacial score (nSPS) is 10.4. The van der Waals surface area contributed by atoms with Gasteiger partial charge < -0.3 is 4.79 Å². The maximum absolute atomic E-state index is 13.4. The van der Waals surface area contributed by atoms with E-state index >= 15 is 0 Å². The fourth-order valence-corrected chi connectivity index (χ4v) is 2.04. The average molecular weight is 239 g/mol. The molecule has 0 fully saturated rings. The molecular weight excluding hydrogens is 232 g/mol. The smallest absolute Gasteiger partial charge is 0.135 e. The van der Waals surface area contributed by atoms with Crippen LogP contribution < -0.4 is 0 Å². The predicted octanol–water partition coefficient (Wildman–Crippen LogP) is 2.83. The number of carbonyl (C=O) groups is 1. The summed E-state index contributed by atoms with van der Waals surface area (Å²) in [5.74, 6) is -1.27. The number of aromatic nitrogens is 1. The lowest BCUT2D eigenvalue weighted by atomic mass is 10.1. The van der Waals surface area contributed by atoms with Gasteiger partial charge in [-0.1, -0.05) is 0 Å². The molecule has 0 amide bonds. The maximum Gasteiger partial charge on any atom is 0.135 e. The highest BCUT2D eigenvalue weighted by atomic mass is 32.1. The molecule has 1 aromatic carbocycles. The molecule has 0 bridgehead atoms. The first-order chi connectivity index (χ1) is 7.70. The van der Waals surface area contributed by atoms with Crippen molar-refractivity contribution in [2.24, 2.45) is 0 Å². The number of hydrogen-bond acceptors (Lipinski definition) is 3. The Morgan fingerprint density at radius 2 is 2.19 bits per heavy atom. The lowest BCUT2D eigenvalue weighted by Crippen LogP contribution is -1.88. The van der Waals surface area contributed by atoms with Gasteiger partial charge >= 0.3 is 0 Å². The molecule has 0 unspecified atom stereocenters.